The Balaban J connectivity index is 1.51. The van der Waals surface area contributed by atoms with Gasteiger partial charge in [-0.15, -0.1) is 54.6 Å². The second-order valence-corrected chi connectivity index (χ2v) is 17.6. The maximum absolute atomic E-state index is 7.19. The zero-order valence-electron chi connectivity index (χ0n) is 38.6. The molecule has 0 unspecified atom stereocenters. The van der Waals surface area contributed by atoms with E-state index in [0.717, 1.165) is 0 Å². The summed E-state index contributed by atoms with van der Waals surface area (Å²) in [6, 6.07) is 0. The molecule has 1 nitrogen and oxygen atoms in total. The van der Waals surface area contributed by atoms with Gasteiger partial charge in [-0.1, -0.05) is 98.3 Å². The van der Waals surface area contributed by atoms with E-state index < -0.39 is 0 Å². The first-order valence-corrected chi connectivity index (χ1v) is 21.2. The third kappa shape index (κ3) is 7.09. The summed E-state index contributed by atoms with van der Waals surface area (Å²) in [5.74, 6) is 0. The SMILES string of the molecule is [B]c1c([B])c([B])c(-c2c([B])c([B])c([B])c(-c3c4c([B])c([B])c([B])c([B])c4c(-c4c([B])c([B])c(-c5c([B])c([B])c6oc7c([B])c([B])c([B])c([B])c7c6c5[B])c([B])c4[B])c4c([B])c([B])c([B])c([B])c34)c2[B])c([B])c1[B]. The standard InChI is InChI=1S/C44B28O/c45-15-7(25(55)31(61)26(56)9(15)12-27(57)36(66)39(69)37(67)28(12)58)1-3-5(19(49)34(64)32(62)17(3)47)2(6-4(1)18(48)33(63)35(65)20(6)50)8-21(51)23(53)11(24(54)22(8)52)10-16(46)13-14-30(60)38(68)40(70)42(72)44(14)73-43(13)41(71)29(10)59. The lowest BCUT2D eigenvalue weighted by Crippen LogP contribution is -2.57. The number of furan rings is 1. The van der Waals surface area contributed by atoms with Crippen molar-refractivity contribution in [2.45, 2.75) is 0 Å². The molecule has 1 aromatic heterocycles. The van der Waals surface area contributed by atoms with Gasteiger partial charge >= 0.3 is 0 Å². The highest BCUT2D eigenvalue weighted by molar-refractivity contribution is 6.77. The van der Waals surface area contributed by atoms with E-state index in [1.165, 1.54) is 0 Å². The molecule has 1 heterocycles. The molecule has 56 radical (unpaired) electrons. The summed E-state index contributed by atoms with van der Waals surface area (Å²) in [4.78, 5) is 0. The predicted octanol–water partition coefficient (Wildman–Crippen LogP) is -21.2. The molecule has 0 aliphatic rings. The zero-order valence-corrected chi connectivity index (χ0v) is 38.6. The highest BCUT2D eigenvalue weighted by Crippen LogP contribution is 2.39. The van der Waals surface area contributed by atoms with Crippen molar-refractivity contribution in [2.75, 3.05) is 0 Å². The number of hydrogen-bond acceptors (Lipinski definition) is 1. The number of fused-ring (bicyclic) bond motifs is 5. The average molecular weight is 847 g/mol. The average Bonchev–Trinajstić information content (AvgIpc) is 3.77. The van der Waals surface area contributed by atoms with Crippen LogP contribution in [0.2, 0.25) is 0 Å². The molecule has 0 aliphatic carbocycles. The molecule has 9 rings (SSSR count). The van der Waals surface area contributed by atoms with E-state index >= 15 is 0 Å². The van der Waals surface area contributed by atoms with Gasteiger partial charge in [-0.3, -0.25) is 0 Å². The minimum absolute atomic E-state index is 0.00958. The molecule has 0 atom stereocenters. The van der Waals surface area contributed by atoms with Gasteiger partial charge < -0.3 is 4.42 Å². The van der Waals surface area contributed by atoms with Crippen molar-refractivity contribution in [2.24, 2.45) is 0 Å². The Morgan fingerprint density at radius 3 is 0.630 bits per heavy atom. The highest BCUT2D eigenvalue weighted by atomic mass is 16.3. The van der Waals surface area contributed by atoms with Crippen LogP contribution in [0.25, 0.3) is 88.0 Å². The summed E-state index contributed by atoms with van der Waals surface area (Å²) in [6.07, 6.45) is 0. The van der Waals surface area contributed by atoms with Crippen LogP contribution in [0.1, 0.15) is 0 Å². The van der Waals surface area contributed by atoms with Gasteiger partial charge in [0.25, 0.3) is 0 Å². The van der Waals surface area contributed by atoms with Crippen LogP contribution in [-0.2, 0) is 0 Å². The second-order valence-electron chi connectivity index (χ2n) is 17.6. The van der Waals surface area contributed by atoms with Crippen molar-refractivity contribution in [1.29, 1.82) is 0 Å². The highest BCUT2D eigenvalue weighted by Gasteiger charge is 2.31. The van der Waals surface area contributed by atoms with Crippen molar-refractivity contribution in [1.82, 2.24) is 0 Å². The Kier molecular flexibility index (Phi) is 13.5. The van der Waals surface area contributed by atoms with Crippen molar-refractivity contribution >= 4 is 416 Å². The molecule has 0 saturated heterocycles. The third-order valence-corrected chi connectivity index (χ3v) is 14.0. The van der Waals surface area contributed by atoms with Gasteiger partial charge in [0.15, 0.2) is 0 Å². The zero-order chi connectivity index (χ0) is 54.1. The van der Waals surface area contributed by atoms with Crippen LogP contribution in [-0.4, -0.2) is 220 Å². The second kappa shape index (κ2) is 18.3. The quantitative estimate of drug-likeness (QED) is 0.127. The van der Waals surface area contributed by atoms with E-state index in [1.54, 1.807) is 0 Å². The van der Waals surface area contributed by atoms with Crippen LogP contribution in [0, 0.1) is 0 Å². The maximum Gasteiger partial charge on any atom is 0.127 e. The lowest BCUT2D eigenvalue weighted by Gasteiger charge is -2.34. The summed E-state index contributed by atoms with van der Waals surface area (Å²) >= 11 is 0. The van der Waals surface area contributed by atoms with Gasteiger partial charge in [0, 0.05) is 10.8 Å². The number of hydrogen-bond donors (Lipinski definition) is 0. The van der Waals surface area contributed by atoms with Gasteiger partial charge in [0.1, 0.15) is 231 Å². The van der Waals surface area contributed by atoms with Crippen molar-refractivity contribution in [3.63, 3.8) is 0 Å². The third-order valence-electron chi connectivity index (χ3n) is 14.0. The molecule has 29 heteroatoms. The van der Waals surface area contributed by atoms with E-state index in [0.29, 0.717) is 0 Å². The Bertz CT molecular complexity index is 3980. The maximum atomic E-state index is 7.19. The first-order valence-electron chi connectivity index (χ1n) is 21.2. The largest absolute Gasteiger partial charge is 0.457 e. The molecule has 0 fully saturated rings. The molecule has 0 N–H and O–H groups in total. The van der Waals surface area contributed by atoms with Crippen molar-refractivity contribution in [3.8, 4) is 44.5 Å². The summed E-state index contributed by atoms with van der Waals surface area (Å²) < 4.78 is 6.07. The molecule has 0 amide bonds. The first-order chi connectivity index (χ1) is 34.0. The summed E-state index contributed by atoms with van der Waals surface area (Å²) in [6.45, 7) is 0. The van der Waals surface area contributed by atoms with Gasteiger partial charge in [-0.2, -0.15) is 0 Å². The van der Waals surface area contributed by atoms with E-state index in [1.807, 2.05) is 0 Å². The monoisotopic (exact) mass is 852 g/mol. The number of benzene rings is 8. The van der Waals surface area contributed by atoms with Crippen molar-refractivity contribution < 1.29 is 4.42 Å². The fraction of sp³-hybridized carbons (Fsp3) is 0. The molecule has 73 heavy (non-hydrogen) atoms. The van der Waals surface area contributed by atoms with Crippen LogP contribution in [0.15, 0.2) is 4.42 Å². The summed E-state index contributed by atoms with van der Waals surface area (Å²) in [7, 11) is 188. The molecule has 266 valence electrons. The molecule has 0 bridgehead atoms. The van der Waals surface area contributed by atoms with E-state index in [4.69, 9.17) is 224 Å². The Morgan fingerprint density at radius 2 is 0.288 bits per heavy atom. The Hall–Kier alpha value is -4.10. The van der Waals surface area contributed by atoms with Gasteiger partial charge in [0.05, 0.1) is 0 Å². The van der Waals surface area contributed by atoms with E-state index in [2.05, 4.69) is 0 Å². The first kappa shape index (κ1) is 53.7. The Morgan fingerprint density at radius 1 is 0.123 bits per heavy atom. The molecule has 0 aliphatic heterocycles. The van der Waals surface area contributed by atoms with E-state index in [9.17, 15) is 0 Å². The van der Waals surface area contributed by atoms with Crippen LogP contribution in [0.4, 0.5) is 0 Å². The lowest BCUT2D eigenvalue weighted by molar-refractivity contribution is 0.675. The Labute approximate surface area is 461 Å². The minimum atomic E-state index is -0.281. The van der Waals surface area contributed by atoms with Gasteiger partial charge in [0.2, 0.25) is 0 Å². The molecule has 9 aromatic rings. The number of rotatable bonds is 4. The molecule has 0 spiro atoms. The smallest absolute Gasteiger partial charge is 0.127 e. The van der Waals surface area contributed by atoms with Gasteiger partial charge in [-0.05, 0) is 66.1 Å². The predicted molar refractivity (Wildman–Crippen MR) is 341 cm³/mol. The van der Waals surface area contributed by atoms with Crippen LogP contribution >= 0.6 is 0 Å². The van der Waals surface area contributed by atoms with E-state index in [-0.39, 0.29) is 241 Å². The van der Waals surface area contributed by atoms with Crippen LogP contribution in [0.3, 0.4) is 0 Å². The molecular formula is C44B28O. The molecular weight excluding hydrogens is 847 g/mol. The minimum Gasteiger partial charge on any atom is -0.457 e. The lowest BCUT2D eigenvalue weighted by atomic mass is 9.54. The van der Waals surface area contributed by atoms with Gasteiger partial charge in [-0.25, -0.2) is 0 Å². The molecule has 0 saturated carbocycles. The van der Waals surface area contributed by atoms with Crippen LogP contribution < -0.4 is 153 Å². The van der Waals surface area contributed by atoms with Crippen LogP contribution in [0.5, 0.6) is 0 Å². The normalized spacial score (nSPS) is 11.7. The fourth-order valence-corrected chi connectivity index (χ4v) is 9.97. The fourth-order valence-electron chi connectivity index (χ4n) is 9.97. The van der Waals surface area contributed by atoms with Crippen molar-refractivity contribution in [3.05, 3.63) is 0 Å². The summed E-state index contributed by atoms with van der Waals surface area (Å²) in [5.41, 5.74) is -5.67. The topological polar surface area (TPSA) is 13.1 Å². The molecule has 8 aromatic carbocycles. The summed E-state index contributed by atoms with van der Waals surface area (Å²) in [5, 5.41) is 0.0826.